The topological polar surface area (TPSA) is 37.8 Å². The highest BCUT2D eigenvalue weighted by molar-refractivity contribution is 7.98. The van der Waals surface area contributed by atoms with Crippen LogP contribution in [0.25, 0.3) is 0 Å². The van der Waals surface area contributed by atoms with Crippen LogP contribution in [0.1, 0.15) is 18.4 Å². The summed E-state index contributed by atoms with van der Waals surface area (Å²) < 4.78 is 0. The zero-order valence-corrected chi connectivity index (χ0v) is 11.5. The minimum absolute atomic E-state index is 0.798. The molecule has 1 heterocycles. The van der Waals surface area contributed by atoms with Crippen molar-refractivity contribution < 1.29 is 0 Å². The Hall–Kier alpha value is -1.55. The molecule has 0 fully saturated rings. The van der Waals surface area contributed by atoms with Crippen LogP contribution < -0.4 is 5.32 Å². The van der Waals surface area contributed by atoms with Gasteiger partial charge < -0.3 is 5.32 Å². The van der Waals surface area contributed by atoms with Gasteiger partial charge in [0.1, 0.15) is 11.6 Å². The summed E-state index contributed by atoms with van der Waals surface area (Å²) in [5.74, 6) is 2.57. The van der Waals surface area contributed by atoms with Crippen LogP contribution in [0.5, 0.6) is 0 Å². The molecule has 1 N–H and O–H groups in total. The van der Waals surface area contributed by atoms with Gasteiger partial charge >= 0.3 is 0 Å². The van der Waals surface area contributed by atoms with Crippen LogP contribution >= 0.6 is 11.8 Å². The zero-order chi connectivity index (χ0) is 12.8. The molecule has 1 aromatic carbocycles. The number of hydrogen-bond donors (Lipinski definition) is 1. The molecular formula is C14H17N3S. The third-order valence-electron chi connectivity index (χ3n) is 2.56. The molecule has 0 aliphatic heterocycles. The molecule has 2 rings (SSSR count). The van der Waals surface area contributed by atoms with Gasteiger partial charge in [-0.05, 0) is 18.6 Å². The molecule has 0 aliphatic rings. The van der Waals surface area contributed by atoms with Gasteiger partial charge in [-0.25, -0.2) is 9.97 Å². The summed E-state index contributed by atoms with van der Waals surface area (Å²) in [6, 6.07) is 12.3. The number of nitrogens with zero attached hydrogens (tertiary/aromatic N) is 2. The van der Waals surface area contributed by atoms with Crippen LogP contribution in [0, 0.1) is 0 Å². The van der Waals surface area contributed by atoms with Crippen molar-refractivity contribution in [2.45, 2.75) is 24.0 Å². The van der Waals surface area contributed by atoms with E-state index in [2.05, 4.69) is 34.3 Å². The van der Waals surface area contributed by atoms with E-state index in [0.717, 1.165) is 29.5 Å². The molecule has 0 unspecified atom stereocenters. The molecule has 0 radical (unpaired) electrons. The lowest BCUT2D eigenvalue weighted by Gasteiger charge is -2.06. The summed E-state index contributed by atoms with van der Waals surface area (Å²) in [6.07, 6.45) is 0.931. The summed E-state index contributed by atoms with van der Waals surface area (Å²) in [5.41, 5.74) is 1.08. The van der Waals surface area contributed by atoms with E-state index < -0.39 is 0 Å². The van der Waals surface area contributed by atoms with Crippen molar-refractivity contribution in [3.63, 3.8) is 0 Å². The molecule has 0 atom stereocenters. The van der Waals surface area contributed by atoms with E-state index in [4.69, 9.17) is 0 Å². The molecule has 0 saturated carbocycles. The predicted molar refractivity (Wildman–Crippen MR) is 77.0 cm³/mol. The third kappa shape index (κ3) is 3.47. The van der Waals surface area contributed by atoms with Gasteiger partial charge in [0.2, 0.25) is 0 Å². The average molecular weight is 259 g/mol. The molecular weight excluding hydrogens is 242 g/mol. The van der Waals surface area contributed by atoms with Crippen molar-refractivity contribution in [3.8, 4) is 0 Å². The fourth-order valence-corrected chi connectivity index (χ4v) is 2.36. The van der Waals surface area contributed by atoms with Gasteiger partial charge in [0.15, 0.2) is 0 Å². The molecule has 94 valence electrons. The second-order valence-corrected chi connectivity index (χ2v) is 4.91. The molecule has 18 heavy (non-hydrogen) atoms. The van der Waals surface area contributed by atoms with E-state index in [1.54, 1.807) is 11.8 Å². The third-order valence-corrected chi connectivity index (χ3v) is 3.56. The van der Waals surface area contributed by atoms with Crippen LogP contribution in [0.15, 0.2) is 41.3 Å². The summed E-state index contributed by atoms with van der Waals surface area (Å²) in [7, 11) is 1.88. The number of aromatic nitrogens is 2. The first-order valence-corrected chi connectivity index (χ1v) is 7.03. The van der Waals surface area contributed by atoms with E-state index in [-0.39, 0.29) is 0 Å². The van der Waals surface area contributed by atoms with Crippen LogP contribution in [0.4, 0.5) is 5.82 Å². The Kier molecular flexibility index (Phi) is 4.59. The van der Waals surface area contributed by atoms with Gasteiger partial charge in [-0.1, -0.05) is 25.1 Å². The number of thioether (sulfide) groups is 1. The number of anilines is 1. The molecule has 2 aromatic rings. The monoisotopic (exact) mass is 259 g/mol. The Balaban J connectivity index is 2.09. The molecule has 1 aromatic heterocycles. The average Bonchev–Trinajstić information content (AvgIpc) is 2.45. The van der Waals surface area contributed by atoms with Gasteiger partial charge in [0, 0.05) is 23.7 Å². The lowest BCUT2D eigenvalue weighted by molar-refractivity contribution is 0.941. The number of rotatable bonds is 5. The van der Waals surface area contributed by atoms with Gasteiger partial charge in [0.05, 0.1) is 5.75 Å². The van der Waals surface area contributed by atoms with Gasteiger partial charge in [-0.3, -0.25) is 0 Å². The number of aryl methyl sites for hydroxylation is 1. The maximum absolute atomic E-state index is 4.54. The highest BCUT2D eigenvalue weighted by atomic mass is 32.2. The number of hydrogen-bond acceptors (Lipinski definition) is 4. The Morgan fingerprint density at radius 3 is 2.61 bits per heavy atom. The van der Waals surface area contributed by atoms with Crippen LogP contribution in [0.2, 0.25) is 0 Å². The van der Waals surface area contributed by atoms with Gasteiger partial charge in [-0.15, -0.1) is 11.8 Å². The second-order valence-electron chi connectivity index (χ2n) is 3.87. The fraction of sp³-hybridized carbons (Fsp3) is 0.286. The van der Waals surface area contributed by atoms with E-state index in [1.165, 1.54) is 4.90 Å². The Morgan fingerprint density at radius 1 is 1.17 bits per heavy atom. The maximum atomic E-state index is 4.54. The largest absolute Gasteiger partial charge is 0.373 e. The first-order chi connectivity index (χ1) is 8.81. The lowest BCUT2D eigenvalue weighted by atomic mass is 10.3. The van der Waals surface area contributed by atoms with Crippen LogP contribution in [0.3, 0.4) is 0 Å². The summed E-state index contributed by atoms with van der Waals surface area (Å²) in [5, 5.41) is 3.08. The maximum Gasteiger partial charge on any atom is 0.141 e. The van der Waals surface area contributed by atoms with Crippen molar-refractivity contribution in [2.75, 3.05) is 12.4 Å². The normalized spacial score (nSPS) is 10.3. The molecule has 0 saturated heterocycles. The zero-order valence-electron chi connectivity index (χ0n) is 10.7. The van der Waals surface area contributed by atoms with Gasteiger partial charge in [-0.2, -0.15) is 0 Å². The smallest absolute Gasteiger partial charge is 0.141 e. The first-order valence-electron chi connectivity index (χ1n) is 6.04. The van der Waals surface area contributed by atoms with E-state index in [1.807, 2.05) is 31.3 Å². The van der Waals surface area contributed by atoms with Crippen molar-refractivity contribution in [3.05, 3.63) is 47.9 Å². The molecule has 3 nitrogen and oxygen atoms in total. The Morgan fingerprint density at radius 2 is 1.94 bits per heavy atom. The Labute approximate surface area is 112 Å². The quantitative estimate of drug-likeness (QED) is 0.835. The van der Waals surface area contributed by atoms with Crippen LogP contribution in [-0.4, -0.2) is 17.0 Å². The minimum Gasteiger partial charge on any atom is -0.373 e. The standard InChI is InChI=1S/C14H17N3S/c1-3-11-9-13(15-2)17-14(16-11)10-18-12-7-5-4-6-8-12/h4-9H,3,10H2,1-2H3,(H,15,16,17). The van der Waals surface area contributed by atoms with Gasteiger partial charge in [0.25, 0.3) is 0 Å². The summed E-state index contributed by atoms with van der Waals surface area (Å²) >= 11 is 1.76. The molecule has 0 aliphatic carbocycles. The molecule has 0 spiro atoms. The summed E-state index contributed by atoms with van der Waals surface area (Å²) in [6.45, 7) is 2.11. The molecule has 0 amide bonds. The van der Waals surface area contributed by atoms with E-state index >= 15 is 0 Å². The Bertz CT molecular complexity index is 477. The lowest BCUT2D eigenvalue weighted by Crippen LogP contribution is -2.02. The highest BCUT2D eigenvalue weighted by Gasteiger charge is 2.03. The molecule has 4 heteroatoms. The highest BCUT2D eigenvalue weighted by Crippen LogP contribution is 2.21. The predicted octanol–water partition coefficient (Wildman–Crippen LogP) is 3.37. The van der Waals surface area contributed by atoms with Crippen molar-refractivity contribution in [1.82, 2.24) is 9.97 Å². The minimum atomic E-state index is 0.798. The van der Waals surface area contributed by atoms with Crippen molar-refractivity contribution in [2.24, 2.45) is 0 Å². The fourth-order valence-electron chi connectivity index (χ4n) is 1.59. The number of benzene rings is 1. The van der Waals surface area contributed by atoms with Crippen molar-refractivity contribution >= 4 is 17.6 Å². The van der Waals surface area contributed by atoms with Crippen molar-refractivity contribution in [1.29, 1.82) is 0 Å². The second kappa shape index (κ2) is 6.40. The molecule has 0 bridgehead atoms. The number of nitrogens with one attached hydrogen (secondary N) is 1. The first kappa shape index (κ1) is 12.9. The van der Waals surface area contributed by atoms with E-state index in [0.29, 0.717) is 0 Å². The van der Waals surface area contributed by atoms with E-state index in [9.17, 15) is 0 Å². The van der Waals surface area contributed by atoms with Crippen LogP contribution in [-0.2, 0) is 12.2 Å². The SMILES string of the molecule is CCc1cc(NC)nc(CSc2ccccc2)n1. The summed E-state index contributed by atoms with van der Waals surface area (Å²) in [4.78, 5) is 10.3.